The summed E-state index contributed by atoms with van der Waals surface area (Å²) in [7, 11) is -4.13. The highest BCUT2D eigenvalue weighted by molar-refractivity contribution is 7.85. The third-order valence-electron chi connectivity index (χ3n) is 5.83. The van der Waals surface area contributed by atoms with E-state index < -0.39 is 10.1 Å². The molecule has 1 aromatic rings. The van der Waals surface area contributed by atoms with Crippen molar-refractivity contribution >= 4 is 10.1 Å². The molecule has 1 N–H and O–H groups in total. The van der Waals surface area contributed by atoms with Crippen LogP contribution in [-0.2, 0) is 16.5 Å². The second kappa shape index (κ2) is 15.0. The van der Waals surface area contributed by atoms with E-state index in [-0.39, 0.29) is 4.90 Å². The molecule has 0 saturated heterocycles. The molecule has 0 amide bonds. The summed E-state index contributed by atoms with van der Waals surface area (Å²) < 4.78 is 32.2. The lowest BCUT2D eigenvalue weighted by molar-refractivity contribution is 0.483. The molecule has 29 heavy (non-hydrogen) atoms. The van der Waals surface area contributed by atoms with Gasteiger partial charge in [0.05, 0.1) is 4.90 Å². The van der Waals surface area contributed by atoms with E-state index in [2.05, 4.69) is 20.8 Å². The standard InChI is InChI=1S/C25H44O3S/c1-4-5-6-7-8-9-10-11-12-13-14-15-16-17-18-23-21-24(29(26,27)28)19-20-25(23)22(2)3/h19-22H,4-18H2,1-3H3,(H,26,27,28). The molecule has 0 saturated carbocycles. The normalized spacial score (nSPS) is 12.0. The van der Waals surface area contributed by atoms with Crippen molar-refractivity contribution in [2.75, 3.05) is 0 Å². The second-order valence-electron chi connectivity index (χ2n) is 8.84. The van der Waals surface area contributed by atoms with Crippen LogP contribution in [0.1, 0.15) is 128 Å². The fourth-order valence-corrected chi connectivity index (χ4v) is 4.56. The van der Waals surface area contributed by atoms with Gasteiger partial charge in [0.25, 0.3) is 10.1 Å². The van der Waals surface area contributed by atoms with E-state index in [1.165, 1.54) is 95.1 Å². The Morgan fingerprint density at radius 1 is 0.759 bits per heavy atom. The van der Waals surface area contributed by atoms with E-state index in [9.17, 15) is 13.0 Å². The molecule has 3 nitrogen and oxygen atoms in total. The minimum absolute atomic E-state index is 0.0160. The van der Waals surface area contributed by atoms with Crippen molar-refractivity contribution in [1.82, 2.24) is 0 Å². The Balaban J connectivity index is 2.16. The van der Waals surface area contributed by atoms with Crippen LogP contribution >= 0.6 is 0 Å². The molecule has 0 radical (unpaired) electrons. The van der Waals surface area contributed by atoms with Crippen molar-refractivity contribution in [3.8, 4) is 0 Å². The second-order valence-corrected chi connectivity index (χ2v) is 10.3. The molecule has 0 fully saturated rings. The third kappa shape index (κ3) is 11.8. The molecule has 4 heteroatoms. The minimum atomic E-state index is -4.13. The molecule has 168 valence electrons. The van der Waals surface area contributed by atoms with Crippen LogP contribution in [0, 0.1) is 0 Å². The van der Waals surface area contributed by atoms with Gasteiger partial charge in [0.2, 0.25) is 0 Å². The van der Waals surface area contributed by atoms with Crippen LogP contribution < -0.4 is 0 Å². The van der Waals surface area contributed by atoms with Gasteiger partial charge in [-0.05, 0) is 42.0 Å². The topological polar surface area (TPSA) is 54.4 Å². The van der Waals surface area contributed by atoms with Gasteiger partial charge in [-0.1, -0.05) is 110 Å². The van der Waals surface area contributed by atoms with Crippen LogP contribution in [0.25, 0.3) is 0 Å². The van der Waals surface area contributed by atoms with E-state index >= 15 is 0 Å². The van der Waals surface area contributed by atoms with Crippen molar-refractivity contribution < 1.29 is 13.0 Å². The summed E-state index contributed by atoms with van der Waals surface area (Å²) in [6.07, 6.45) is 19.6. The number of benzene rings is 1. The van der Waals surface area contributed by atoms with Crippen molar-refractivity contribution in [3.05, 3.63) is 29.3 Å². The van der Waals surface area contributed by atoms with E-state index in [0.717, 1.165) is 18.4 Å². The molecule has 0 heterocycles. The maximum atomic E-state index is 11.4. The van der Waals surface area contributed by atoms with Gasteiger partial charge in [-0.2, -0.15) is 8.42 Å². The third-order valence-corrected chi connectivity index (χ3v) is 6.68. The molecule has 0 aliphatic rings. The molecule has 0 aliphatic heterocycles. The number of aryl methyl sites for hydroxylation is 1. The van der Waals surface area contributed by atoms with Crippen LogP contribution in [-0.4, -0.2) is 13.0 Å². The number of hydrogen-bond acceptors (Lipinski definition) is 2. The molecule has 1 rings (SSSR count). The zero-order valence-corrected chi connectivity index (χ0v) is 19.9. The number of rotatable bonds is 17. The summed E-state index contributed by atoms with van der Waals surface area (Å²) in [5.41, 5.74) is 2.25. The van der Waals surface area contributed by atoms with Gasteiger partial charge >= 0.3 is 0 Å². The van der Waals surface area contributed by atoms with Crippen molar-refractivity contribution in [3.63, 3.8) is 0 Å². The van der Waals surface area contributed by atoms with Gasteiger partial charge < -0.3 is 0 Å². The molecule has 0 unspecified atom stereocenters. The zero-order valence-electron chi connectivity index (χ0n) is 19.1. The van der Waals surface area contributed by atoms with Gasteiger partial charge in [-0.3, -0.25) is 4.55 Å². The highest BCUT2D eigenvalue weighted by Gasteiger charge is 2.14. The Bertz CT molecular complexity index is 650. The quantitative estimate of drug-likeness (QED) is 0.203. The minimum Gasteiger partial charge on any atom is -0.282 e. The van der Waals surface area contributed by atoms with Crippen LogP contribution in [0.4, 0.5) is 0 Å². The molecule has 0 aliphatic carbocycles. The average molecular weight is 425 g/mol. The van der Waals surface area contributed by atoms with E-state index in [1.54, 1.807) is 6.07 Å². The Kier molecular flexibility index (Phi) is 13.5. The van der Waals surface area contributed by atoms with E-state index in [0.29, 0.717) is 5.92 Å². The number of hydrogen-bond donors (Lipinski definition) is 1. The van der Waals surface area contributed by atoms with E-state index in [4.69, 9.17) is 0 Å². The summed E-state index contributed by atoms with van der Waals surface area (Å²) >= 11 is 0. The van der Waals surface area contributed by atoms with Crippen LogP contribution in [0.3, 0.4) is 0 Å². The summed E-state index contributed by atoms with van der Waals surface area (Å²) in [5, 5.41) is 0. The molecular formula is C25H44O3S. The lowest BCUT2D eigenvalue weighted by atomic mass is 9.93. The zero-order chi connectivity index (χ0) is 21.5. The van der Waals surface area contributed by atoms with Crippen LogP contribution in [0.5, 0.6) is 0 Å². The molecule has 0 spiro atoms. The van der Waals surface area contributed by atoms with Gasteiger partial charge in [0, 0.05) is 0 Å². The van der Waals surface area contributed by atoms with E-state index in [1.807, 2.05) is 6.07 Å². The fourth-order valence-electron chi connectivity index (χ4n) is 4.03. The van der Waals surface area contributed by atoms with Crippen molar-refractivity contribution in [2.24, 2.45) is 0 Å². The first-order chi connectivity index (χ1) is 13.9. The van der Waals surface area contributed by atoms with Gasteiger partial charge in [-0.15, -0.1) is 0 Å². The molecule has 0 aromatic heterocycles. The summed E-state index contributed by atoms with van der Waals surface area (Å²) in [4.78, 5) is 0.0160. The Hall–Kier alpha value is -0.870. The predicted octanol–water partition coefficient (Wildman–Crippen LogP) is 8.08. The Labute approximate surface area is 180 Å². The van der Waals surface area contributed by atoms with Crippen molar-refractivity contribution in [1.29, 1.82) is 0 Å². The summed E-state index contributed by atoms with van der Waals surface area (Å²) in [6.45, 7) is 6.51. The maximum absolute atomic E-state index is 11.4. The van der Waals surface area contributed by atoms with Crippen LogP contribution in [0.15, 0.2) is 23.1 Å². The largest absolute Gasteiger partial charge is 0.294 e. The monoisotopic (exact) mass is 424 g/mol. The lowest BCUT2D eigenvalue weighted by Gasteiger charge is -2.14. The van der Waals surface area contributed by atoms with Gasteiger partial charge in [-0.25, -0.2) is 0 Å². The predicted molar refractivity (Wildman–Crippen MR) is 124 cm³/mol. The summed E-state index contributed by atoms with van der Waals surface area (Å²) in [6, 6.07) is 5.03. The molecular weight excluding hydrogens is 380 g/mol. The van der Waals surface area contributed by atoms with Crippen LogP contribution in [0.2, 0.25) is 0 Å². The Morgan fingerprint density at radius 3 is 1.62 bits per heavy atom. The smallest absolute Gasteiger partial charge is 0.282 e. The molecule has 1 aromatic carbocycles. The summed E-state index contributed by atoms with van der Waals surface area (Å²) in [5.74, 6) is 0.354. The SMILES string of the molecule is CCCCCCCCCCCCCCCCc1cc(S(=O)(=O)O)ccc1C(C)C. The first-order valence-corrected chi connectivity index (χ1v) is 13.4. The number of unbranched alkanes of at least 4 members (excludes halogenated alkanes) is 13. The molecule has 0 atom stereocenters. The van der Waals surface area contributed by atoms with Crippen molar-refractivity contribution in [2.45, 2.75) is 128 Å². The lowest BCUT2D eigenvalue weighted by Crippen LogP contribution is -2.03. The highest BCUT2D eigenvalue weighted by atomic mass is 32.2. The first-order valence-electron chi connectivity index (χ1n) is 12.0. The van der Waals surface area contributed by atoms with Gasteiger partial charge in [0.15, 0.2) is 0 Å². The van der Waals surface area contributed by atoms with Gasteiger partial charge in [0.1, 0.15) is 0 Å². The maximum Gasteiger partial charge on any atom is 0.294 e. The molecule has 0 bridgehead atoms. The fraction of sp³-hybridized carbons (Fsp3) is 0.760. The Morgan fingerprint density at radius 2 is 1.21 bits per heavy atom. The average Bonchev–Trinajstić information content (AvgIpc) is 2.67. The first kappa shape index (κ1) is 26.2. The highest BCUT2D eigenvalue weighted by Crippen LogP contribution is 2.25.